The van der Waals surface area contributed by atoms with Gasteiger partial charge in [0.15, 0.2) is 0 Å². The molecule has 0 saturated carbocycles. The van der Waals surface area contributed by atoms with Gasteiger partial charge in [-0.05, 0) is 29.5 Å². The highest BCUT2D eigenvalue weighted by Crippen LogP contribution is 2.22. The van der Waals surface area contributed by atoms with Crippen LogP contribution in [-0.2, 0) is 6.42 Å². The molecule has 0 heterocycles. The van der Waals surface area contributed by atoms with Crippen molar-refractivity contribution in [2.24, 2.45) is 5.41 Å². The van der Waals surface area contributed by atoms with E-state index in [2.05, 4.69) is 0 Å². The lowest BCUT2D eigenvalue weighted by Gasteiger charge is -2.18. The number of rotatable bonds is 3. The number of carboxylic acids is 2. The molecule has 2 N–H and O–H groups in total. The van der Waals surface area contributed by atoms with E-state index in [0.717, 1.165) is 5.56 Å². The van der Waals surface area contributed by atoms with Crippen LogP contribution < -0.4 is 0 Å². The van der Waals surface area contributed by atoms with Gasteiger partial charge in [-0.1, -0.05) is 26.8 Å². The molecule has 4 nitrogen and oxygen atoms in total. The zero-order valence-electron chi connectivity index (χ0n) is 10.2. The Morgan fingerprint density at radius 2 is 1.59 bits per heavy atom. The first kappa shape index (κ1) is 13.2. The predicted molar refractivity (Wildman–Crippen MR) is 63.5 cm³/mol. The van der Waals surface area contributed by atoms with Crippen LogP contribution in [0.1, 0.15) is 47.1 Å². The van der Waals surface area contributed by atoms with Gasteiger partial charge in [0, 0.05) is 0 Å². The van der Waals surface area contributed by atoms with Crippen molar-refractivity contribution >= 4 is 11.9 Å². The minimum absolute atomic E-state index is 0.0283. The van der Waals surface area contributed by atoms with Gasteiger partial charge in [0.2, 0.25) is 0 Å². The SMILES string of the molecule is CC(C)(C)Cc1ccc(C(=O)O)c(C(=O)O)c1. The first-order valence-corrected chi connectivity index (χ1v) is 5.30. The maximum Gasteiger partial charge on any atom is 0.336 e. The quantitative estimate of drug-likeness (QED) is 0.846. The minimum Gasteiger partial charge on any atom is -0.478 e. The van der Waals surface area contributed by atoms with E-state index >= 15 is 0 Å². The molecule has 1 aromatic carbocycles. The fourth-order valence-corrected chi connectivity index (χ4v) is 1.68. The topological polar surface area (TPSA) is 74.6 Å². The highest BCUT2D eigenvalue weighted by atomic mass is 16.4. The molecular weight excluding hydrogens is 220 g/mol. The van der Waals surface area contributed by atoms with Gasteiger partial charge in [-0.2, -0.15) is 0 Å². The second-order valence-corrected chi connectivity index (χ2v) is 5.23. The Labute approximate surface area is 99.9 Å². The van der Waals surface area contributed by atoms with Crippen molar-refractivity contribution in [3.63, 3.8) is 0 Å². The smallest absolute Gasteiger partial charge is 0.336 e. The normalized spacial score (nSPS) is 11.2. The van der Waals surface area contributed by atoms with Crippen LogP contribution in [-0.4, -0.2) is 22.2 Å². The molecule has 92 valence electrons. The standard InChI is InChI=1S/C13H16O4/c1-13(2,3)7-8-4-5-9(11(14)15)10(6-8)12(16)17/h4-6H,7H2,1-3H3,(H,14,15)(H,16,17). The van der Waals surface area contributed by atoms with Gasteiger partial charge < -0.3 is 10.2 Å². The average Bonchev–Trinajstić information content (AvgIpc) is 2.14. The zero-order valence-corrected chi connectivity index (χ0v) is 10.2. The van der Waals surface area contributed by atoms with Crippen LogP contribution >= 0.6 is 0 Å². The van der Waals surface area contributed by atoms with Crippen LogP contribution in [0.4, 0.5) is 0 Å². The predicted octanol–water partition coefficient (Wildman–Crippen LogP) is 2.67. The number of aromatic carboxylic acids is 2. The van der Waals surface area contributed by atoms with E-state index in [0.29, 0.717) is 6.42 Å². The Bertz CT molecular complexity index is 455. The van der Waals surface area contributed by atoms with E-state index in [1.54, 1.807) is 6.07 Å². The van der Waals surface area contributed by atoms with Crippen molar-refractivity contribution < 1.29 is 19.8 Å². The number of carbonyl (C=O) groups is 2. The van der Waals surface area contributed by atoms with E-state index in [9.17, 15) is 9.59 Å². The van der Waals surface area contributed by atoms with Crippen LogP contribution in [0.3, 0.4) is 0 Å². The molecule has 1 aromatic rings. The summed E-state index contributed by atoms with van der Waals surface area (Å²) < 4.78 is 0. The van der Waals surface area contributed by atoms with Crippen molar-refractivity contribution in [1.82, 2.24) is 0 Å². The third-order valence-electron chi connectivity index (χ3n) is 2.28. The molecule has 4 heteroatoms. The van der Waals surface area contributed by atoms with Gasteiger partial charge in [-0.25, -0.2) is 9.59 Å². The summed E-state index contributed by atoms with van der Waals surface area (Å²) in [5.74, 6) is -2.43. The number of benzene rings is 1. The lowest BCUT2D eigenvalue weighted by atomic mass is 9.87. The van der Waals surface area contributed by atoms with Crippen molar-refractivity contribution in [2.45, 2.75) is 27.2 Å². The summed E-state index contributed by atoms with van der Waals surface area (Å²) in [4.78, 5) is 21.8. The van der Waals surface area contributed by atoms with E-state index < -0.39 is 11.9 Å². The van der Waals surface area contributed by atoms with Crippen molar-refractivity contribution in [3.05, 3.63) is 34.9 Å². The number of hydrogen-bond donors (Lipinski definition) is 2. The van der Waals surface area contributed by atoms with E-state index in [4.69, 9.17) is 10.2 Å². The Hall–Kier alpha value is -1.84. The Morgan fingerprint density at radius 3 is 2.00 bits per heavy atom. The third-order valence-corrected chi connectivity index (χ3v) is 2.28. The van der Waals surface area contributed by atoms with Crippen molar-refractivity contribution in [2.75, 3.05) is 0 Å². The second kappa shape index (κ2) is 4.57. The summed E-state index contributed by atoms with van der Waals surface area (Å²) in [5.41, 5.74) is 0.537. The van der Waals surface area contributed by atoms with E-state index in [1.807, 2.05) is 20.8 Å². The molecule has 0 saturated heterocycles. The van der Waals surface area contributed by atoms with Crippen LogP contribution in [0.2, 0.25) is 0 Å². The first-order valence-electron chi connectivity index (χ1n) is 5.30. The minimum atomic E-state index is -1.22. The molecule has 0 aliphatic rings. The monoisotopic (exact) mass is 236 g/mol. The fourth-order valence-electron chi connectivity index (χ4n) is 1.68. The van der Waals surface area contributed by atoms with Crippen LogP contribution in [0.25, 0.3) is 0 Å². The molecule has 0 unspecified atom stereocenters. The summed E-state index contributed by atoms with van der Waals surface area (Å²) in [7, 11) is 0. The molecule has 0 aliphatic carbocycles. The number of hydrogen-bond acceptors (Lipinski definition) is 2. The Kier molecular flexibility index (Phi) is 3.56. The van der Waals surface area contributed by atoms with Crippen LogP contribution in [0, 0.1) is 5.41 Å². The summed E-state index contributed by atoms with van der Waals surface area (Å²) >= 11 is 0. The molecule has 0 radical (unpaired) electrons. The molecule has 0 spiro atoms. The lowest BCUT2D eigenvalue weighted by molar-refractivity contribution is 0.0651. The third kappa shape index (κ3) is 3.59. The molecule has 17 heavy (non-hydrogen) atoms. The molecule has 0 aromatic heterocycles. The molecule has 1 rings (SSSR count). The highest BCUT2D eigenvalue weighted by molar-refractivity contribution is 6.01. The van der Waals surface area contributed by atoms with Gasteiger partial charge in [-0.3, -0.25) is 0 Å². The molecule has 0 atom stereocenters. The van der Waals surface area contributed by atoms with Gasteiger partial charge in [0.1, 0.15) is 0 Å². The van der Waals surface area contributed by atoms with Crippen LogP contribution in [0.15, 0.2) is 18.2 Å². The molecule has 0 bridgehead atoms. The van der Waals surface area contributed by atoms with Crippen molar-refractivity contribution in [1.29, 1.82) is 0 Å². The largest absolute Gasteiger partial charge is 0.478 e. The molecular formula is C13H16O4. The maximum atomic E-state index is 11.0. The average molecular weight is 236 g/mol. The van der Waals surface area contributed by atoms with Gasteiger partial charge in [0.05, 0.1) is 11.1 Å². The van der Waals surface area contributed by atoms with Gasteiger partial charge >= 0.3 is 11.9 Å². The van der Waals surface area contributed by atoms with E-state index in [-0.39, 0.29) is 16.5 Å². The lowest BCUT2D eigenvalue weighted by Crippen LogP contribution is -2.12. The zero-order chi connectivity index (χ0) is 13.2. The molecule has 0 fully saturated rings. The van der Waals surface area contributed by atoms with Crippen molar-refractivity contribution in [3.8, 4) is 0 Å². The maximum absolute atomic E-state index is 11.0. The summed E-state index contributed by atoms with van der Waals surface area (Å²) in [6.07, 6.45) is 0.702. The Balaban J connectivity index is 3.19. The van der Waals surface area contributed by atoms with Gasteiger partial charge in [0.25, 0.3) is 0 Å². The second-order valence-electron chi connectivity index (χ2n) is 5.23. The summed E-state index contributed by atoms with van der Waals surface area (Å²) in [5, 5.41) is 17.8. The summed E-state index contributed by atoms with van der Waals surface area (Å²) in [6.45, 7) is 6.12. The Morgan fingerprint density at radius 1 is 1.06 bits per heavy atom. The van der Waals surface area contributed by atoms with E-state index in [1.165, 1.54) is 12.1 Å². The summed E-state index contributed by atoms with van der Waals surface area (Å²) in [6, 6.07) is 4.46. The highest BCUT2D eigenvalue weighted by Gasteiger charge is 2.18. The molecule has 0 aliphatic heterocycles. The fraction of sp³-hybridized carbons (Fsp3) is 0.385. The number of carboxylic acid groups (broad SMARTS) is 2. The van der Waals surface area contributed by atoms with Gasteiger partial charge in [-0.15, -0.1) is 0 Å². The van der Waals surface area contributed by atoms with Crippen LogP contribution in [0.5, 0.6) is 0 Å². The molecule has 0 amide bonds. The first-order chi connectivity index (χ1) is 7.70.